The lowest BCUT2D eigenvalue weighted by Gasteiger charge is -2.11. The van der Waals surface area contributed by atoms with E-state index in [2.05, 4.69) is 38.2 Å². The van der Waals surface area contributed by atoms with Crippen molar-refractivity contribution >= 4 is 23.4 Å². The molecule has 0 saturated carbocycles. The van der Waals surface area contributed by atoms with Crippen LogP contribution in [0.15, 0.2) is 23.1 Å². The molecule has 0 unspecified atom stereocenters. The SMILES string of the molecule is CCCNCc1ccc(Cl)cc1SCC(C)C. The largest absolute Gasteiger partial charge is 0.313 e. The molecule has 0 atom stereocenters. The molecule has 1 aromatic rings. The third-order valence-electron chi connectivity index (χ3n) is 2.34. The maximum atomic E-state index is 6.06. The fourth-order valence-electron chi connectivity index (χ4n) is 1.47. The lowest BCUT2D eigenvalue weighted by Crippen LogP contribution is -2.14. The zero-order valence-electron chi connectivity index (χ0n) is 10.9. The van der Waals surface area contributed by atoms with Gasteiger partial charge in [-0.3, -0.25) is 0 Å². The highest BCUT2D eigenvalue weighted by Gasteiger charge is 2.05. The number of hydrogen-bond donors (Lipinski definition) is 1. The molecule has 17 heavy (non-hydrogen) atoms. The molecule has 0 radical (unpaired) electrons. The minimum atomic E-state index is 0.704. The van der Waals surface area contributed by atoms with Crippen molar-refractivity contribution in [3.63, 3.8) is 0 Å². The van der Waals surface area contributed by atoms with E-state index in [1.807, 2.05) is 17.8 Å². The summed E-state index contributed by atoms with van der Waals surface area (Å²) in [5.74, 6) is 1.84. The maximum Gasteiger partial charge on any atom is 0.0417 e. The molecular weight excluding hydrogens is 250 g/mol. The Balaban J connectivity index is 2.66. The van der Waals surface area contributed by atoms with E-state index in [1.165, 1.54) is 16.9 Å². The Morgan fingerprint density at radius 2 is 2.12 bits per heavy atom. The van der Waals surface area contributed by atoms with Gasteiger partial charge in [-0.05, 0) is 36.6 Å². The summed E-state index contributed by atoms with van der Waals surface area (Å²) in [7, 11) is 0. The zero-order valence-corrected chi connectivity index (χ0v) is 12.5. The van der Waals surface area contributed by atoms with Crippen molar-refractivity contribution in [2.75, 3.05) is 12.3 Å². The lowest BCUT2D eigenvalue weighted by atomic mass is 10.2. The van der Waals surface area contributed by atoms with E-state index < -0.39 is 0 Å². The summed E-state index contributed by atoms with van der Waals surface area (Å²) in [6, 6.07) is 6.19. The van der Waals surface area contributed by atoms with Crippen LogP contribution >= 0.6 is 23.4 Å². The Labute approximate surface area is 114 Å². The maximum absolute atomic E-state index is 6.06. The summed E-state index contributed by atoms with van der Waals surface area (Å²) >= 11 is 7.96. The molecule has 0 amide bonds. The summed E-state index contributed by atoms with van der Waals surface area (Å²) in [5.41, 5.74) is 1.36. The van der Waals surface area contributed by atoms with Gasteiger partial charge in [0, 0.05) is 22.2 Å². The van der Waals surface area contributed by atoms with Crippen LogP contribution in [-0.4, -0.2) is 12.3 Å². The van der Waals surface area contributed by atoms with E-state index in [-0.39, 0.29) is 0 Å². The molecule has 0 saturated heterocycles. The van der Waals surface area contributed by atoms with Crippen LogP contribution in [0.1, 0.15) is 32.8 Å². The summed E-state index contributed by atoms with van der Waals surface area (Å²) in [6.45, 7) is 8.67. The van der Waals surface area contributed by atoms with Crippen molar-refractivity contribution in [2.45, 2.75) is 38.6 Å². The highest BCUT2D eigenvalue weighted by molar-refractivity contribution is 7.99. The van der Waals surface area contributed by atoms with Crippen LogP contribution in [0.4, 0.5) is 0 Å². The normalized spacial score (nSPS) is 11.1. The molecule has 0 bridgehead atoms. The summed E-state index contributed by atoms with van der Waals surface area (Å²) in [4.78, 5) is 1.31. The Hall–Kier alpha value is -0.180. The van der Waals surface area contributed by atoms with Crippen LogP contribution in [0.3, 0.4) is 0 Å². The summed E-state index contributed by atoms with van der Waals surface area (Å²) in [5, 5.41) is 4.27. The van der Waals surface area contributed by atoms with Crippen molar-refractivity contribution in [1.29, 1.82) is 0 Å². The van der Waals surface area contributed by atoms with E-state index in [0.29, 0.717) is 5.92 Å². The third kappa shape index (κ3) is 5.80. The van der Waals surface area contributed by atoms with Gasteiger partial charge in [0.1, 0.15) is 0 Å². The molecule has 3 heteroatoms. The van der Waals surface area contributed by atoms with Crippen molar-refractivity contribution in [1.82, 2.24) is 5.32 Å². The molecule has 0 aromatic heterocycles. The van der Waals surface area contributed by atoms with Gasteiger partial charge in [-0.2, -0.15) is 0 Å². The molecular formula is C14H22ClNS. The zero-order chi connectivity index (χ0) is 12.7. The number of hydrogen-bond acceptors (Lipinski definition) is 2. The minimum absolute atomic E-state index is 0.704. The average Bonchev–Trinajstić information content (AvgIpc) is 2.29. The van der Waals surface area contributed by atoms with Gasteiger partial charge in [0.25, 0.3) is 0 Å². The van der Waals surface area contributed by atoms with Gasteiger partial charge in [0.15, 0.2) is 0 Å². The molecule has 0 aliphatic rings. The second kappa shape index (κ2) is 8.02. The Bertz CT molecular complexity index is 339. The topological polar surface area (TPSA) is 12.0 Å². The molecule has 1 rings (SSSR count). The van der Waals surface area contributed by atoms with Crippen molar-refractivity contribution in [3.05, 3.63) is 28.8 Å². The van der Waals surface area contributed by atoms with Crippen LogP contribution < -0.4 is 5.32 Å². The van der Waals surface area contributed by atoms with Crippen LogP contribution in [0.25, 0.3) is 0 Å². The van der Waals surface area contributed by atoms with Crippen LogP contribution in [0.5, 0.6) is 0 Å². The fraction of sp³-hybridized carbons (Fsp3) is 0.571. The van der Waals surface area contributed by atoms with E-state index in [0.717, 1.165) is 23.9 Å². The molecule has 96 valence electrons. The standard InChI is InChI=1S/C14H22ClNS/c1-4-7-16-9-12-5-6-13(15)8-14(12)17-10-11(2)3/h5-6,8,11,16H,4,7,9-10H2,1-3H3. The predicted octanol–water partition coefficient (Wildman–Crippen LogP) is 4.59. The quantitative estimate of drug-likeness (QED) is 0.575. The number of halogens is 1. The molecule has 0 fully saturated rings. The monoisotopic (exact) mass is 271 g/mol. The molecule has 1 aromatic carbocycles. The summed E-state index contributed by atoms with van der Waals surface area (Å²) < 4.78 is 0. The van der Waals surface area contributed by atoms with Crippen molar-refractivity contribution < 1.29 is 0 Å². The molecule has 1 N–H and O–H groups in total. The Morgan fingerprint density at radius 3 is 2.76 bits per heavy atom. The van der Waals surface area contributed by atoms with Gasteiger partial charge in [-0.25, -0.2) is 0 Å². The van der Waals surface area contributed by atoms with Gasteiger partial charge in [-0.1, -0.05) is 38.4 Å². The first kappa shape index (κ1) is 14.9. The van der Waals surface area contributed by atoms with Gasteiger partial charge in [-0.15, -0.1) is 11.8 Å². The first-order valence-electron chi connectivity index (χ1n) is 6.25. The molecule has 1 nitrogen and oxygen atoms in total. The first-order chi connectivity index (χ1) is 8.13. The minimum Gasteiger partial charge on any atom is -0.313 e. The van der Waals surface area contributed by atoms with Crippen LogP contribution in [0, 0.1) is 5.92 Å². The highest BCUT2D eigenvalue weighted by Crippen LogP contribution is 2.27. The lowest BCUT2D eigenvalue weighted by molar-refractivity contribution is 0.669. The number of thioether (sulfide) groups is 1. The van der Waals surface area contributed by atoms with Gasteiger partial charge in [0.05, 0.1) is 0 Å². The Kier molecular flexibility index (Phi) is 7.02. The first-order valence-corrected chi connectivity index (χ1v) is 7.61. The van der Waals surface area contributed by atoms with Gasteiger partial charge >= 0.3 is 0 Å². The average molecular weight is 272 g/mol. The van der Waals surface area contributed by atoms with E-state index in [9.17, 15) is 0 Å². The highest BCUT2D eigenvalue weighted by atomic mass is 35.5. The number of benzene rings is 1. The van der Waals surface area contributed by atoms with Gasteiger partial charge in [0.2, 0.25) is 0 Å². The number of nitrogens with one attached hydrogen (secondary N) is 1. The van der Waals surface area contributed by atoms with Crippen molar-refractivity contribution in [3.8, 4) is 0 Å². The molecule has 0 heterocycles. The summed E-state index contributed by atoms with van der Waals surface area (Å²) in [6.07, 6.45) is 1.17. The predicted molar refractivity (Wildman–Crippen MR) is 79.0 cm³/mol. The van der Waals surface area contributed by atoms with E-state index in [1.54, 1.807) is 0 Å². The van der Waals surface area contributed by atoms with Gasteiger partial charge < -0.3 is 5.32 Å². The Morgan fingerprint density at radius 1 is 1.35 bits per heavy atom. The number of rotatable bonds is 7. The van der Waals surface area contributed by atoms with Crippen LogP contribution in [-0.2, 0) is 6.54 Å². The third-order valence-corrected chi connectivity index (χ3v) is 4.10. The molecule has 0 aliphatic carbocycles. The second-order valence-corrected chi connectivity index (χ2v) is 6.13. The van der Waals surface area contributed by atoms with E-state index in [4.69, 9.17) is 11.6 Å². The van der Waals surface area contributed by atoms with Crippen LogP contribution in [0.2, 0.25) is 5.02 Å². The van der Waals surface area contributed by atoms with Crippen molar-refractivity contribution in [2.24, 2.45) is 5.92 Å². The molecule has 0 spiro atoms. The smallest absolute Gasteiger partial charge is 0.0417 e. The van der Waals surface area contributed by atoms with E-state index >= 15 is 0 Å². The molecule has 0 aliphatic heterocycles. The fourth-order valence-corrected chi connectivity index (χ4v) is 2.75. The second-order valence-electron chi connectivity index (χ2n) is 4.63.